The number of carbonyl (C=O) groups excluding carboxylic acids is 1. The average molecular weight is 272 g/mol. The van der Waals surface area contributed by atoms with Gasteiger partial charge in [0.2, 0.25) is 5.91 Å². The van der Waals surface area contributed by atoms with Crippen LogP contribution in [0.15, 0.2) is 0 Å². The number of nitrogens with one attached hydrogen (secondary N) is 2. The van der Waals surface area contributed by atoms with E-state index < -0.39 is 0 Å². The summed E-state index contributed by atoms with van der Waals surface area (Å²) in [4.78, 5) is 11.9. The first-order valence-corrected chi connectivity index (χ1v) is 8.52. The maximum absolute atomic E-state index is 11.9. The van der Waals surface area contributed by atoms with E-state index in [4.69, 9.17) is 0 Å². The molecule has 0 aromatic carbocycles. The lowest BCUT2D eigenvalue weighted by molar-refractivity contribution is -0.122. The number of amides is 1. The topological polar surface area (TPSA) is 41.1 Å². The third-order valence-corrected chi connectivity index (χ3v) is 4.77. The van der Waals surface area contributed by atoms with Gasteiger partial charge >= 0.3 is 0 Å². The van der Waals surface area contributed by atoms with E-state index in [1.807, 2.05) is 18.7 Å². The van der Waals surface area contributed by atoms with Gasteiger partial charge in [0.1, 0.15) is 0 Å². The van der Waals surface area contributed by atoms with Crippen molar-refractivity contribution < 1.29 is 4.79 Å². The number of thioether (sulfide) groups is 1. The molecule has 106 valence electrons. The zero-order valence-electron chi connectivity index (χ0n) is 12.0. The third kappa shape index (κ3) is 5.61. The fourth-order valence-electron chi connectivity index (χ4n) is 2.47. The van der Waals surface area contributed by atoms with Crippen LogP contribution in [0.1, 0.15) is 52.4 Å². The van der Waals surface area contributed by atoms with Crippen molar-refractivity contribution in [3.63, 3.8) is 0 Å². The summed E-state index contributed by atoms with van der Waals surface area (Å²) in [6.07, 6.45) is 9.35. The van der Waals surface area contributed by atoms with Gasteiger partial charge in [0.05, 0.1) is 6.04 Å². The predicted molar refractivity (Wildman–Crippen MR) is 80.1 cm³/mol. The highest BCUT2D eigenvalue weighted by atomic mass is 32.2. The Bertz CT molecular complexity index is 248. The van der Waals surface area contributed by atoms with E-state index in [-0.39, 0.29) is 11.9 Å². The first-order chi connectivity index (χ1) is 8.67. The highest BCUT2D eigenvalue weighted by molar-refractivity contribution is 7.99. The Kier molecular flexibility index (Phi) is 7.75. The van der Waals surface area contributed by atoms with Crippen molar-refractivity contribution >= 4 is 17.7 Å². The molecule has 0 spiro atoms. The molecule has 0 aliphatic heterocycles. The van der Waals surface area contributed by atoms with Crippen molar-refractivity contribution in [2.45, 2.75) is 69.7 Å². The molecular weight excluding hydrogens is 244 g/mol. The van der Waals surface area contributed by atoms with Gasteiger partial charge in [-0.2, -0.15) is 11.8 Å². The summed E-state index contributed by atoms with van der Waals surface area (Å²) < 4.78 is 0. The van der Waals surface area contributed by atoms with Gasteiger partial charge in [0.25, 0.3) is 0 Å². The number of hydrogen-bond donors (Lipinski definition) is 2. The molecule has 3 nitrogen and oxygen atoms in total. The average Bonchev–Trinajstić information content (AvgIpc) is 2.82. The lowest BCUT2D eigenvalue weighted by Gasteiger charge is -2.19. The van der Waals surface area contributed by atoms with Crippen LogP contribution in [-0.4, -0.2) is 36.0 Å². The number of rotatable bonds is 8. The molecule has 3 unspecified atom stereocenters. The summed E-state index contributed by atoms with van der Waals surface area (Å²) in [6.45, 7) is 4.96. The second kappa shape index (κ2) is 8.81. The molecule has 1 saturated carbocycles. The Balaban J connectivity index is 2.15. The van der Waals surface area contributed by atoms with Gasteiger partial charge in [-0.15, -0.1) is 0 Å². The smallest absolute Gasteiger partial charge is 0.236 e. The van der Waals surface area contributed by atoms with Gasteiger partial charge in [-0.25, -0.2) is 0 Å². The van der Waals surface area contributed by atoms with Crippen LogP contribution in [0.3, 0.4) is 0 Å². The van der Waals surface area contributed by atoms with E-state index in [9.17, 15) is 4.79 Å². The molecule has 1 fully saturated rings. The fourth-order valence-corrected chi connectivity index (χ4v) is 3.27. The van der Waals surface area contributed by atoms with Gasteiger partial charge in [0.15, 0.2) is 0 Å². The minimum atomic E-state index is -0.0581. The molecule has 0 heterocycles. The zero-order valence-corrected chi connectivity index (χ0v) is 12.8. The van der Waals surface area contributed by atoms with Crippen molar-refractivity contribution in [2.24, 2.45) is 0 Å². The number of hydrogen-bond acceptors (Lipinski definition) is 3. The normalized spacial score (nSPS) is 25.1. The quantitative estimate of drug-likeness (QED) is 0.667. The summed E-state index contributed by atoms with van der Waals surface area (Å²) in [5.74, 6) is 0.152. The zero-order chi connectivity index (χ0) is 13.4. The van der Waals surface area contributed by atoms with Crippen molar-refractivity contribution in [1.82, 2.24) is 10.6 Å². The van der Waals surface area contributed by atoms with Crippen molar-refractivity contribution in [3.8, 4) is 0 Å². The van der Waals surface area contributed by atoms with Gasteiger partial charge in [0, 0.05) is 17.8 Å². The lowest BCUT2D eigenvalue weighted by Crippen LogP contribution is -2.46. The molecule has 3 atom stereocenters. The summed E-state index contributed by atoms with van der Waals surface area (Å²) in [6, 6.07) is 0.469. The summed E-state index contributed by atoms with van der Waals surface area (Å²) in [5, 5.41) is 7.25. The number of unbranched alkanes of at least 4 members (excludes halogenated alkanes) is 2. The highest BCUT2D eigenvalue weighted by Gasteiger charge is 2.26. The van der Waals surface area contributed by atoms with Crippen LogP contribution in [0.5, 0.6) is 0 Å². The molecule has 1 amide bonds. The largest absolute Gasteiger partial charge is 0.355 e. The monoisotopic (exact) mass is 272 g/mol. The van der Waals surface area contributed by atoms with E-state index >= 15 is 0 Å². The highest BCUT2D eigenvalue weighted by Crippen LogP contribution is 2.28. The lowest BCUT2D eigenvalue weighted by atomic mass is 10.2. The Hall–Kier alpha value is -0.220. The number of carbonyl (C=O) groups is 1. The van der Waals surface area contributed by atoms with Crippen LogP contribution in [0.25, 0.3) is 0 Å². The van der Waals surface area contributed by atoms with E-state index in [0.717, 1.165) is 18.2 Å². The molecular formula is C14H28N2OS. The molecule has 18 heavy (non-hydrogen) atoms. The summed E-state index contributed by atoms with van der Waals surface area (Å²) in [5.41, 5.74) is 0. The van der Waals surface area contributed by atoms with Gasteiger partial charge in [-0.1, -0.05) is 19.8 Å². The maximum Gasteiger partial charge on any atom is 0.236 e. The van der Waals surface area contributed by atoms with Crippen LogP contribution in [0.2, 0.25) is 0 Å². The molecule has 0 saturated heterocycles. The predicted octanol–water partition coefficient (Wildman–Crippen LogP) is 2.55. The SMILES string of the molecule is CCCCCNC(=O)C(C)NC1CCC(SC)C1. The minimum absolute atomic E-state index is 0.0581. The van der Waals surface area contributed by atoms with Crippen molar-refractivity contribution in [2.75, 3.05) is 12.8 Å². The standard InChI is InChI=1S/C14H28N2OS/c1-4-5-6-9-15-14(17)11(2)16-12-7-8-13(10-12)18-3/h11-13,16H,4-10H2,1-3H3,(H,15,17). The third-order valence-electron chi connectivity index (χ3n) is 3.68. The molecule has 0 bridgehead atoms. The van der Waals surface area contributed by atoms with Crippen LogP contribution < -0.4 is 10.6 Å². The minimum Gasteiger partial charge on any atom is -0.355 e. The summed E-state index contributed by atoms with van der Waals surface area (Å²) in [7, 11) is 0. The molecule has 1 aliphatic carbocycles. The Morgan fingerprint density at radius 2 is 2.17 bits per heavy atom. The Labute approximate surface area is 116 Å². The first kappa shape index (κ1) is 15.8. The van der Waals surface area contributed by atoms with E-state index in [2.05, 4.69) is 23.8 Å². The molecule has 0 radical (unpaired) electrons. The summed E-state index contributed by atoms with van der Waals surface area (Å²) >= 11 is 1.95. The Morgan fingerprint density at radius 3 is 2.78 bits per heavy atom. The molecule has 1 rings (SSSR count). The van der Waals surface area contributed by atoms with Crippen LogP contribution in [-0.2, 0) is 4.79 Å². The maximum atomic E-state index is 11.9. The van der Waals surface area contributed by atoms with Crippen LogP contribution >= 0.6 is 11.8 Å². The van der Waals surface area contributed by atoms with Crippen LogP contribution in [0, 0.1) is 0 Å². The van der Waals surface area contributed by atoms with E-state index in [1.54, 1.807) is 0 Å². The van der Waals surface area contributed by atoms with E-state index in [1.165, 1.54) is 32.1 Å². The van der Waals surface area contributed by atoms with Crippen molar-refractivity contribution in [1.29, 1.82) is 0 Å². The first-order valence-electron chi connectivity index (χ1n) is 7.24. The molecule has 2 N–H and O–H groups in total. The second-order valence-corrected chi connectivity index (χ2v) is 6.39. The van der Waals surface area contributed by atoms with Crippen LogP contribution in [0.4, 0.5) is 0 Å². The van der Waals surface area contributed by atoms with E-state index in [0.29, 0.717) is 6.04 Å². The van der Waals surface area contributed by atoms with Gasteiger partial charge < -0.3 is 10.6 Å². The van der Waals surface area contributed by atoms with Crippen molar-refractivity contribution in [3.05, 3.63) is 0 Å². The molecule has 0 aromatic heterocycles. The van der Waals surface area contributed by atoms with Gasteiger partial charge in [-0.3, -0.25) is 4.79 Å². The molecule has 0 aromatic rings. The Morgan fingerprint density at radius 1 is 1.39 bits per heavy atom. The van der Waals surface area contributed by atoms with Gasteiger partial charge in [-0.05, 0) is 38.9 Å². The molecule has 1 aliphatic rings. The fraction of sp³-hybridized carbons (Fsp3) is 0.929. The molecule has 4 heteroatoms. The second-order valence-electron chi connectivity index (χ2n) is 5.25.